The maximum Gasteiger partial charge on any atom is 0.134 e. The summed E-state index contributed by atoms with van der Waals surface area (Å²) in [4.78, 5) is 2.32. The number of furan rings is 1. The summed E-state index contributed by atoms with van der Waals surface area (Å²) in [5.41, 5.74) is 9.72. The van der Waals surface area contributed by atoms with E-state index in [4.69, 9.17) is 10.2 Å². The maximum absolute atomic E-state index is 5.83. The van der Waals surface area contributed by atoms with Gasteiger partial charge in [-0.3, -0.25) is 0 Å². The number of benzene rings is 1. The molecule has 1 aromatic heterocycles. The standard InChI is InChI=1S/C16H20N2O/c1-11(17)15-7-8-16(19-15)13-5-6-14-12(10-13)4-3-9-18(14)2/h5-8,10-11H,3-4,9,17H2,1-2H3. The fraction of sp³-hybridized carbons (Fsp3) is 0.375. The van der Waals surface area contributed by atoms with Crippen LogP contribution in [0.1, 0.15) is 30.7 Å². The second-order valence-corrected chi connectivity index (χ2v) is 5.36. The lowest BCUT2D eigenvalue weighted by atomic mass is 9.99. The van der Waals surface area contributed by atoms with Gasteiger partial charge in [0.05, 0.1) is 6.04 Å². The third-order valence-corrected chi connectivity index (χ3v) is 3.79. The molecule has 0 saturated carbocycles. The lowest BCUT2D eigenvalue weighted by Crippen LogP contribution is -2.24. The summed E-state index contributed by atoms with van der Waals surface area (Å²) >= 11 is 0. The van der Waals surface area contributed by atoms with Crippen molar-refractivity contribution < 1.29 is 4.42 Å². The van der Waals surface area contributed by atoms with Crippen molar-refractivity contribution in [2.24, 2.45) is 5.73 Å². The SMILES string of the molecule is CC(N)c1ccc(-c2ccc3c(c2)CCCN3C)o1. The molecule has 0 aliphatic carbocycles. The molecule has 0 amide bonds. The minimum Gasteiger partial charge on any atom is -0.459 e. The van der Waals surface area contributed by atoms with Crippen molar-refractivity contribution in [1.29, 1.82) is 0 Å². The first kappa shape index (κ1) is 12.3. The number of nitrogens with zero attached hydrogens (tertiary/aromatic N) is 1. The molecule has 0 fully saturated rings. The van der Waals surface area contributed by atoms with Crippen molar-refractivity contribution in [1.82, 2.24) is 0 Å². The molecule has 0 bridgehead atoms. The predicted octanol–water partition coefficient (Wildman–Crippen LogP) is 3.35. The minimum absolute atomic E-state index is 0.0579. The Hall–Kier alpha value is -1.74. The average molecular weight is 256 g/mol. The fourth-order valence-electron chi connectivity index (χ4n) is 2.69. The molecule has 3 heteroatoms. The van der Waals surface area contributed by atoms with E-state index >= 15 is 0 Å². The topological polar surface area (TPSA) is 42.4 Å². The number of hydrogen-bond acceptors (Lipinski definition) is 3. The number of aryl methyl sites for hydroxylation is 1. The first-order valence-corrected chi connectivity index (χ1v) is 6.85. The molecule has 1 unspecified atom stereocenters. The lowest BCUT2D eigenvalue weighted by molar-refractivity contribution is 0.491. The van der Waals surface area contributed by atoms with Crippen molar-refractivity contribution in [3.05, 3.63) is 41.7 Å². The zero-order valence-corrected chi connectivity index (χ0v) is 11.5. The van der Waals surface area contributed by atoms with Crippen molar-refractivity contribution in [2.45, 2.75) is 25.8 Å². The molecular weight excluding hydrogens is 236 g/mol. The van der Waals surface area contributed by atoms with Crippen molar-refractivity contribution in [3.8, 4) is 11.3 Å². The van der Waals surface area contributed by atoms with Crippen LogP contribution < -0.4 is 10.6 Å². The van der Waals surface area contributed by atoms with Crippen molar-refractivity contribution in [3.63, 3.8) is 0 Å². The van der Waals surface area contributed by atoms with Crippen LogP contribution in [0.5, 0.6) is 0 Å². The molecule has 1 aliphatic rings. The van der Waals surface area contributed by atoms with E-state index in [1.54, 1.807) is 0 Å². The highest BCUT2D eigenvalue weighted by atomic mass is 16.3. The molecule has 3 nitrogen and oxygen atoms in total. The molecule has 2 aromatic rings. The van der Waals surface area contributed by atoms with Crippen LogP contribution in [0.2, 0.25) is 0 Å². The minimum atomic E-state index is -0.0579. The molecule has 1 aliphatic heterocycles. The van der Waals surface area contributed by atoms with Gasteiger partial charge in [-0.2, -0.15) is 0 Å². The number of hydrogen-bond donors (Lipinski definition) is 1. The summed E-state index contributed by atoms with van der Waals surface area (Å²) in [5.74, 6) is 1.74. The van der Waals surface area contributed by atoms with E-state index in [0.29, 0.717) is 0 Å². The van der Waals surface area contributed by atoms with Crippen molar-refractivity contribution in [2.75, 3.05) is 18.5 Å². The highest BCUT2D eigenvalue weighted by Crippen LogP contribution is 2.32. The summed E-state index contributed by atoms with van der Waals surface area (Å²) in [7, 11) is 2.15. The van der Waals surface area contributed by atoms with Gasteiger partial charge in [-0.25, -0.2) is 0 Å². The predicted molar refractivity (Wildman–Crippen MR) is 78.3 cm³/mol. The second-order valence-electron chi connectivity index (χ2n) is 5.36. The normalized spacial score (nSPS) is 16.3. The highest BCUT2D eigenvalue weighted by molar-refractivity contribution is 5.66. The summed E-state index contributed by atoms with van der Waals surface area (Å²) in [6.07, 6.45) is 2.37. The Kier molecular flexibility index (Phi) is 3.07. The summed E-state index contributed by atoms with van der Waals surface area (Å²) in [6.45, 7) is 3.08. The van der Waals surface area contributed by atoms with Crippen LogP contribution in [-0.2, 0) is 6.42 Å². The molecule has 1 atom stereocenters. The van der Waals surface area contributed by atoms with Crippen LogP contribution in [0.4, 0.5) is 5.69 Å². The number of nitrogens with two attached hydrogens (primary N) is 1. The van der Waals surface area contributed by atoms with Crippen LogP contribution in [0.25, 0.3) is 11.3 Å². The maximum atomic E-state index is 5.83. The summed E-state index contributed by atoms with van der Waals surface area (Å²) in [5, 5.41) is 0. The Morgan fingerprint density at radius 2 is 2.11 bits per heavy atom. The third kappa shape index (κ3) is 2.26. The zero-order chi connectivity index (χ0) is 13.4. The Morgan fingerprint density at radius 3 is 2.84 bits per heavy atom. The Labute approximate surface area is 114 Å². The van der Waals surface area contributed by atoms with Gasteiger partial charge in [0.15, 0.2) is 0 Å². The van der Waals surface area contributed by atoms with Gasteiger partial charge >= 0.3 is 0 Å². The fourth-order valence-corrected chi connectivity index (χ4v) is 2.69. The molecule has 19 heavy (non-hydrogen) atoms. The van der Waals surface area contributed by atoms with Crippen molar-refractivity contribution >= 4 is 5.69 Å². The average Bonchev–Trinajstić information content (AvgIpc) is 2.88. The van der Waals surface area contributed by atoms with Gasteiger partial charge in [-0.1, -0.05) is 0 Å². The lowest BCUT2D eigenvalue weighted by Gasteiger charge is -2.27. The smallest absolute Gasteiger partial charge is 0.134 e. The number of fused-ring (bicyclic) bond motifs is 1. The molecule has 0 radical (unpaired) electrons. The van der Waals surface area contributed by atoms with Crippen LogP contribution in [0.15, 0.2) is 34.7 Å². The van der Waals surface area contributed by atoms with Crippen LogP contribution >= 0.6 is 0 Å². The van der Waals surface area contributed by atoms with Gasteiger partial charge < -0.3 is 15.1 Å². The molecular formula is C16H20N2O. The quantitative estimate of drug-likeness (QED) is 0.896. The van der Waals surface area contributed by atoms with E-state index in [0.717, 1.165) is 30.0 Å². The molecule has 100 valence electrons. The number of anilines is 1. The van der Waals surface area contributed by atoms with Crippen LogP contribution in [0, 0.1) is 0 Å². The van der Waals surface area contributed by atoms with E-state index in [9.17, 15) is 0 Å². The molecule has 0 saturated heterocycles. The monoisotopic (exact) mass is 256 g/mol. The summed E-state index contributed by atoms with van der Waals surface area (Å²) < 4.78 is 5.81. The van der Waals surface area contributed by atoms with Gasteiger partial charge in [0.2, 0.25) is 0 Å². The van der Waals surface area contributed by atoms with Gasteiger partial charge in [0.25, 0.3) is 0 Å². The van der Waals surface area contributed by atoms with Gasteiger partial charge in [-0.05, 0) is 55.7 Å². The molecule has 3 rings (SSSR count). The Balaban J connectivity index is 1.97. The second kappa shape index (κ2) is 4.74. The van der Waals surface area contributed by atoms with Gasteiger partial charge in [0, 0.05) is 24.8 Å². The van der Waals surface area contributed by atoms with Crippen LogP contribution in [-0.4, -0.2) is 13.6 Å². The molecule has 2 heterocycles. The number of rotatable bonds is 2. The van der Waals surface area contributed by atoms with E-state index in [-0.39, 0.29) is 6.04 Å². The van der Waals surface area contributed by atoms with E-state index in [1.165, 1.54) is 17.7 Å². The highest BCUT2D eigenvalue weighted by Gasteiger charge is 2.15. The van der Waals surface area contributed by atoms with E-state index in [1.807, 2.05) is 19.1 Å². The zero-order valence-electron chi connectivity index (χ0n) is 11.5. The molecule has 0 spiro atoms. The van der Waals surface area contributed by atoms with Gasteiger partial charge in [0.1, 0.15) is 11.5 Å². The van der Waals surface area contributed by atoms with Gasteiger partial charge in [-0.15, -0.1) is 0 Å². The molecule has 2 N–H and O–H groups in total. The first-order chi connectivity index (χ1) is 9.15. The largest absolute Gasteiger partial charge is 0.459 e. The first-order valence-electron chi connectivity index (χ1n) is 6.85. The van der Waals surface area contributed by atoms with E-state index in [2.05, 4.69) is 30.1 Å². The van der Waals surface area contributed by atoms with E-state index < -0.39 is 0 Å². The van der Waals surface area contributed by atoms with Crippen LogP contribution in [0.3, 0.4) is 0 Å². The molecule has 1 aromatic carbocycles. The summed E-state index contributed by atoms with van der Waals surface area (Å²) in [6, 6.07) is 10.5. The third-order valence-electron chi connectivity index (χ3n) is 3.79. The Morgan fingerprint density at radius 1 is 1.26 bits per heavy atom. The Bertz CT molecular complexity index is 586.